The van der Waals surface area contributed by atoms with Gasteiger partial charge >= 0.3 is 0 Å². The van der Waals surface area contributed by atoms with E-state index in [4.69, 9.17) is 4.74 Å². The summed E-state index contributed by atoms with van der Waals surface area (Å²) >= 11 is 3.54. The van der Waals surface area contributed by atoms with Crippen LogP contribution in [0.4, 0.5) is 0 Å². The highest BCUT2D eigenvalue weighted by atomic mass is 79.9. The van der Waals surface area contributed by atoms with Crippen LogP contribution in [0.15, 0.2) is 22.8 Å². The second kappa shape index (κ2) is 5.35. The normalized spacial score (nSPS) is 14.0. The van der Waals surface area contributed by atoms with Crippen molar-refractivity contribution in [2.45, 2.75) is 19.4 Å². The number of aromatic nitrogens is 2. The van der Waals surface area contributed by atoms with Crippen LogP contribution < -0.4 is 10.1 Å². The fourth-order valence-electron chi connectivity index (χ4n) is 2.35. The van der Waals surface area contributed by atoms with Crippen molar-refractivity contribution in [2.24, 2.45) is 0 Å². The maximum atomic E-state index is 5.64. The number of imidazole rings is 1. The van der Waals surface area contributed by atoms with Crippen molar-refractivity contribution in [1.82, 2.24) is 15.3 Å². The minimum atomic E-state index is 0.729. The van der Waals surface area contributed by atoms with Crippen molar-refractivity contribution in [3.63, 3.8) is 0 Å². The van der Waals surface area contributed by atoms with Crippen LogP contribution in [0.1, 0.15) is 17.8 Å². The van der Waals surface area contributed by atoms with E-state index in [1.165, 1.54) is 5.56 Å². The molecule has 0 unspecified atom stereocenters. The minimum Gasteiger partial charge on any atom is -0.493 e. The van der Waals surface area contributed by atoms with Crippen molar-refractivity contribution in [2.75, 3.05) is 13.7 Å². The van der Waals surface area contributed by atoms with E-state index in [0.29, 0.717) is 0 Å². The second-order valence-corrected chi connectivity index (χ2v) is 5.44. The van der Waals surface area contributed by atoms with Crippen LogP contribution in [0.25, 0.3) is 11.3 Å². The van der Waals surface area contributed by atoms with E-state index in [2.05, 4.69) is 43.3 Å². The van der Waals surface area contributed by atoms with Crippen molar-refractivity contribution in [3.8, 4) is 17.0 Å². The number of aromatic amines is 1. The van der Waals surface area contributed by atoms with Crippen LogP contribution in [-0.2, 0) is 13.0 Å². The van der Waals surface area contributed by atoms with E-state index in [-0.39, 0.29) is 0 Å². The largest absolute Gasteiger partial charge is 0.493 e. The Bertz CT molecular complexity index is 594. The third-order valence-corrected chi connectivity index (χ3v) is 3.81. The first-order chi connectivity index (χ1) is 9.28. The molecule has 4 nitrogen and oxygen atoms in total. The predicted octanol–water partition coefficient (Wildman–Crippen LogP) is 2.88. The monoisotopic (exact) mass is 321 g/mol. The molecular formula is C14H16BrN3O. The van der Waals surface area contributed by atoms with E-state index in [9.17, 15) is 0 Å². The highest BCUT2D eigenvalue weighted by molar-refractivity contribution is 9.10. The number of nitrogens with zero attached hydrogens (tertiary/aromatic N) is 1. The number of H-pyrrole nitrogens is 1. The van der Waals surface area contributed by atoms with E-state index >= 15 is 0 Å². The summed E-state index contributed by atoms with van der Waals surface area (Å²) in [5, 5.41) is 3.09. The topological polar surface area (TPSA) is 49.9 Å². The molecule has 1 aromatic heterocycles. The fourth-order valence-corrected chi connectivity index (χ4v) is 2.89. The summed E-state index contributed by atoms with van der Waals surface area (Å²) in [5.74, 6) is 1.94. The van der Waals surface area contributed by atoms with Gasteiger partial charge in [-0.3, -0.25) is 0 Å². The number of nitrogens with one attached hydrogen (secondary N) is 2. The molecule has 0 aliphatic carbocycles. The van der Waals surface area contributed by atoms with Gasteiger partial charge in [0.1, 0.15) is 21.9 Å². The van der Waals surface area contributed by atoms with Gasteiger partial charge in [0.25, 0.3) is 0 Å². The summed E-state index contributed by atoms with van der Waals surface area (Å²) in [6.45, 7) is 1.55. The number of rotatable bonds is 3. The smallest absolute Gasteiger partial charge is 0.122 e. The van der Waals surface area contributed by atoms with Gasteiger partial charge in [0.15, 0.2) is 0 Å². The second-order valence-electron chi connectivity index (χ2n) is 4.65. The molecule has 0 bridgehead atoms. The molecule has 0 fully saturated rings. The average Bonchev–Trinajstić information content (AvgIpc) is 2.79. The molecule has 3 rings (SSSR count). The number of halogens is 1. The molecule has 1 aliphatic heterocycles. The van der Waals surface area contributed by atoms with Crippen molar-refractivity contribution in [3.05, 3.63) is 34.2 Å². The van der Waals surface area contributed by atoms with E-state index < -0.39 is 0 Å². The fraction of sp³-hybridized carbons (Fsp3) is 0.357. The van der Waals surface area contributed by atoms with Crippen molar-refractivity contribution < 1.29 is 4.74 Å². The lowest BCUT2D eigenvalue weighted by atomic mass is 10.0. The molecule has 0 spiro atoms. The van der Waals surface area contributed by atoms with Gasteiger partial charge in [0, 0.05) is 5.56 Å². The van der Waals surface area contributed by atoms with Crippen LogP contribution in [-0.4, -0.2) is 23.6 Å². The SMILES string of the molecule is CNCc1nc(-c2ccc3c(c2)CCCO3)c(Br)[nH]1. The summed E-state index contributed by atoms with van der Waals surface area (Å²) in [4.78, 5) is 7.85. The van der Waals surface area contributed by atoms with Crippen LogP contribution in [0.5, 0.6) is 5.75 Å². The highest BCUT2D eigenvalue weighted by Gasteiger charge is 2.14. The molecule has 0 radical (unpaired) electrons. The molecule has 2 heterocycles. The molecular weight excluding hydrogens is 306 g/mol. The molecule has 0 atom stereocenters. The Morgan fingerprint density at radius 1 is 1.47 bits per heavy atom. The van der Waals surface area contributed by atoms with Gasteiger partial charge in [-0.05, 0) is 59.6 Å². The Morgan fingerprint density at radius 3 is 3.21 bits per heavy atom. The lowest BCUT2D eigenvalue weighted by molar-refractivity contribution is 0.288. The molecule has 1 aromatic carbocycles. The number of benzene rings is 1. The predicted molar refractivity (Wildman–Crippen MR) is 78.3 cm³/mol. The number of fused-ring (bicyclic) bond motifs is 1. The van der Waals surface area contributed by atoms with Crippen LogP contribution in [0, 0.1) is 0 Å². The highest BCUT2D eigenvalue weighted by Crippen LogP contribution is 2.32. The van der Waals surface area contributed by atoms with E-state index in [1.807, 2.05) is 13.1 Å². The molecule has 1 aliphatic rings. The third-order valence-electron chi connectivity index (χ3n) is 3.23. The van der Waals surface area contributed by atoms with Gasteiger partial charge in [0.2, 0.25) is 0 Å². The van der Waals surface area contributed by atoms with Gasteiger partial charge in [-0.2, -0.15) is 0 Å². The first kappa shape index (κ1) is 12.7. The molecule has 5 heteroatoms. The summed E-state index contributed by atoms with van der Waals surface area (Å²) in [7, 11) is 1.91. The maximum Gasteiger partial charge on any atom is 0.122 e. The number of hydrogen-bond donors (Lipinski definition) is 2. The zero-order valence-electron chi connectivity index (χ0n) is 10.8. The zero-order valence-corrected chi connectivity index (χ0v) is 12.4. The molecule has 0 amide bonds. The van der Waals surface area contributed by atoms with Gasteiger partial charge in [-0.1, -0.05) is 0 Å². The van der Waals surface area contributed by atoms with Crippen molar-refractivity contribution >= 4 is 15.9 Å². The molecule has 0 saturated carbocycles. The van der Waals surface area contributed by atoms with Crippen LogP contribution in [0.2, 0.25) is 0 Å². The van der Waals surface area contributed by atoms with Crippen LogP contribution in [0.3, 0.4) is 0 Å². The van der Waals surface area contributed by atoms with Gasteiger partial charge in [0.05, 0.1) is 13.2 Å². The standard InChI is InChI=1S/C14H16BrN3O/c1-16-8-12-17-13(14(15)18-12)10-4-5-11-9(7-10)3-2-6-19-11/h4-5,7,16H,2-3,6,8H2,1H3,(H,17,18). The van der Waals surface area contributed by atoms with Crippen LogP contribution >= 0.6 is 15.9 Å². The minimum absolute atomic E-state index is 0.729. The molecule has 2 aromatic rings. The third kappa shape index (κ3) is 2.53. The van der Waals surface area contributed by atoms with E-state index in [0.717, 1.165) is 53.4 Å². The summed E-state index contributed by atoms with van der Waals surface area (Å²) in [6, 6.07) is 6.29. The molecule has 0 saturated heterocycles. The van der Waals surface area contributed by atoms with E-state index in [1.54, 1.807) is 0 Å². The number of aryl methyl sites for hydroxylation is 1. The molecule has 100 valence electrons. The number of hydrogen-bond acceptors (Lipinski definition) is 3. The zero-order chi connectivity index (χ0) is 13.2. The van der Waals surface area contributed by atoms with Gasteiger partial charge in [-0.15, -0.1) is 0 Å². The average molecular weight is 322 g/mol. The summed E-state index contributed by atoms with van der Waals surface area (Å²) in [5.41, 5.74) is 3.35. The van der Waals surface area contributed by atoms with Crippen molar-refractivity contribution in [1.29, 1.82) is 0 Å². The maximum absolute atomic E-state index is 5.64. The Labute approximate surface area is 120 Å². The van der Waals surface area contributed by atoms with Gasteiger partial charge < -0.3 is 15.0 Å². The Balaban J connectivity index is 1.97. The number of ether oxygens (including phenoxy) is 1. The quantitative estimate of drug-likeness (QED) is 0.914. The van der Waals surface area contributed by atoms with Gasteiger partial charge in [-0.25, -0.2) is 4.98 Å². The molecule has 2 N–H and O–H groups in total. The Morgan fingerprint density at radius 2 is 2.37 bits per heavy atom. The Kier molecular flexibility index (Phi) is 3.57. The first-order valence-corrected chi connectivity index (χ1v) is 7.22. The Hall–Kier alpha value is -1.33. The summed E-state index contributed by atoms with van der Waals surface area (Å²) in [6.07, 6.45) is 2.16. The lowest BCUT2D eigenvalue weighted by Crippen LogP contribution is -2.08. The first-order valence-electron chi connectivity index (χ1n) is 6.43. The molecule has 19 heavy (non-hydrogen) atoms. The summed E-state index contributed by atoms with van der Waals surface area (Å²) < 4.78 is 6.56. The lowest BCUT2D eigenvalue weighted by Gasteiger charge is -2.17.